The second-order valence-corrected chi connectivity index (χ2v) is 6.25. The maximum absolute atomic E-state index is 12.0. The van der Waals surface area contributed by atoms with Crippen molar-refractivity contribution < 1.29 is 14.0 Å². The molecule has 0 aliphatic heterocycles. The third kappa shape index (κ3) is 4.47. The summed E-state index contributed by atoms with van der Waals surface area (Å²) in [4.78, 5) is 23.9. The van der Waals surface area contributed by atoms with Crippen molar-refractivity contribution in [3.05, 3.63) is 48.4 Å². The molecule has 2 N–H and O–H groups in total. The predicted octanol–water partition coefficient (Wildman–Crippen LogP) is 4.44. The highest BCUT2D eigenvalue weighted by Crippen LogP contribution is 2.28. The van der Waals surface area contributed by atoms with Gasteiger partial charge in [-0.05, 0) is 48.7 Å². The molecule has 1 heterocycles. The summed E-state index contributed by atoms with van der Waals surface area (Å²) in [5, 5.41) is 5.65. The van der Waals surface area contributed by atoms with Gasteiger partial charge in [0.15, 0.2) is 5.76 Å². The number of hydrogen-bond donors (Lipinski definition) is 2. The van der Waals surface area contributed by atoms with Crippen molar-refractivity contribution in [2.75, 3.05) is 10.6 Å². The van der Waals surface area contributed by atoms with Crippen LogP contribution in [0, 0.1) is 5.92 Å². The summed E-state index contributed by atoms with van der Waals surface area (Å²) in [7, 11) is 0. The minimum absolute atomic E-state index is 0.0503. The summed E-state index contributed by atoms with van der Waals surface area (Å²) < 4.78 is 5.04. The van der Waals surface area contributed by atoms with Crippen LogP contribution in [0.4, 0.5) is 11.4 Å². The highest BCUT2D eigenvalue weighted by atomic mass is 16.3. The van der Waals surface area contributed by atoms with Gasteiger partial charge in [-0.15, -0.1) is 0 Å². The number of amides is 2. The van der Waals surface area contributed by atoms with Gasteiger partial charge in [0.05, 0.1) is 6.26 Å². The zero-order chi connectivity index (χ0) is 16.8. The molecule has 0 atom stereocenters. The molecule has 0 spiro atoms. The number of nitrogens with one attached hydrogen (secondary N) is 2. The summed E-state index contributed by atoms with van der Waals surface area (Å²) in [5.74, 6) is 0.733. The van der Waals surface area contributed by atoms with E-state index in [0.29, 0.717) is 12.1 Å². The van der Waals surface area contributed by atoms with Gasteiger partial charge in [-0.25, -0.2) is 0 Å². The average Bonchev–Trinajstić information content (AvgIpc) is 3.28. The molecule has 2 aromatic rings. The highest BCUT2D eigenvalue weighted by Gasteiger charge is 2.16. The first-order valence-electron chi connectivity index (χ1n) is 8.45. The molecule has 3 rings (SSSR count). The molecule has 24 heavy (non-hydrogen) atoms. The molecule has 0 unspecified atom stereocenters. The maximum atomic E-state index is 12.0. The second kappa shape index (κ2) is 7.81. The summed E-state index contributed by atoms with van der Waals surface area (Å²) in [6.45, 7) is 0. The van der Waals surface area contributed by atoms with Gasteiger partial charge in [0, 0.05) is 17.8 Å². The smallest absolute Gasteiger partial charge is 0.291 e. The lowest BCUT2D eigenvalue weighted by Gasteiger charge is -2.10. The van der Waals surface area contributed by atoms with Crippen LogP contribution in [0.2, 0.25) is 0 Å². The van der Waals surface area contributed by atoms with Crippen LogP contribution in [0.3, 0.4) is 0 Å². The molecule has 126 valence electrons. The monoisotopic (exact) mass is 326 g/mol. The van der Waals surface area contributed by atoms with Gasteiger partial charge >= 0.3 is 0 Å². The van der Waals surface area contributed by atoms with E-state index in [2.05, 4.69) is 10.6 Å². The van der Waals surface area contributed by atoms with E-state index in [0.717, 1.165) is 18.0 Å². The molecule has 5 heteroatoms. The molecule has 1 aromatic heterocycles. The Labute approximate surface area is 141 Å². The van der Waals surface area contributed by atoms with Crippen LogP contribution in [-0.2, 0) is 4.79 Å². The van der Waals surface area contributed by atoms with E-state index in [1.807, 2.05) is 0 Å². The Balaban J connectivity index is 1.47. The fraction of sp³-hybridized carbons (Fsp3) is 0.368. The van der Waals surface area contributed by atoms with E-state index < -0.39 is 0 Å². The van der Waals surface area contributed by atoms with E-state index in [4.69, 9.17) is 4.42 Å². The van der Waals surface area contributed by atoms with Crippen LogP contribution in [0.5, 0.6) is 0 Å². The molecule has 0 radical (unpaired) electrons. The van der Waals surface area contributed by atoms with Crippen LogP contribution in [-0.4, -0.2) is 11.8 Å². The average molecular weight is 326 g/mol. The molecular weight excluding hydrogens is 304 g/mol. The molecule has 1 fully saturated rings. The molecule has 5 nitrogen and oxygen atoms in total. The van der Waals surface area contributed by atoms with Crippen molar-refractivity contribution in [2.45, 2.75) is 38.5 Å². The normalized spacial score (nSPS) is 14.5. The highest BCUT2D eigenvalue weighted by molar-refractivity contribution is 6.02. The topological polar surface area (TPSA) is 71.3 Å². The standard InChI is InChI=1S/C19H22N2O3/c22-18(12-7-14-4-1-2-5-14)20-15-8-10-16(11-9-15)21-19(23)17-6-3-13-24-17/h3,6,8-11,13-14H,1-2,4-5,7,12H2,(H,20,22)(H,21,23). The Morgan fingerprint density at radius 2 is 1.67 bits per heavy atom. The van der Waals surface area contributed by atoms with Crippen molar-refractivity contribution in [2.24, 2.45) is 5.92 Å². The van der Waals surface area contributed by atoms with Crippen molar-refractivity contribution >= 4 is 23.2 Å². The molecule has 1 aromatic carbocycles. The number of rotatable bonds is 6. The van der Waals surface area contributed by atoms with Gasteiger partial charge in [-0.1, -0.05) is 25.7 Å². The lowest BCUT2D eigenvalue weighted by atomic mass is 10.0. The van der Waals surface area contributed by atoms with Crippen molar-refractivity contribution in [1.82, 2.24) is 0 Å². The van der Waals surface area contributed by atoms with E-state index in [-0.39, 0.29) is 17.6 Å². The largest absolute Gasteiger partial charge is 0.459 e. The lowest BCUT2D eigenvalue weighted by molar-refractivity contribution is -0.116. The van der Waals surface area contributed by atoms with Crippen LogP contribution < -0.4 is 10.6 Å². The van der Waals surface area contributed by atoms with Crippen LogP contribution >= 0.6 is 0 Å². The molecule has 1 aliphatic carbocycles. The summed E-state index contributed by atoms with van der Waals surface area (Å²) in [6, 6.07) is 10.4. The number of benzene rings is 1. The third-order valence-electron chi connectivity index (χ3n) is 4.43. The molecular formula is C19H22N2O3. The quantitative estimate of drug-likeness (QED) is 0.824. The van der Waals surface area contributed by atoms with Crippen LogP contribution in [0.1, 0.15) is 49.1 Å². The first kappa shape index (κ1) is 16.3. The van der Waals surface area contributed by atoms with E-state index >= 15 is 0 Å². The van der Waals surface area contributed by atoms with Crippen LogP contribution in [0.15, 0.2) is 47.1 Å². The molecule has 1 aliphatic rings. The Kier molecular flexibility index (Phi) is 5.31. The van der Waals surface area contributed by atoms with Gasteiger partial charge in [0.2, 0.25) is 5.91 Å². The zero-order valence-electron chi connectivity index (χ0n) is 13.6. The Hall–Kier alpha value is -2.56. The van der Waals surface area contributed by atoms with Gasteiger partial charge in [-0.2, -0.15) is 0 Å². The summed E-state index contributed by atoms with van der Waals surface area (Å²) >= 11 is 0. The minimum Gasteiger partial charge on any atom is -0.459 e. The van der Waals surface area contributed by atoms with Crippen molar-refractivity contribution in [1.29, 1.82) is 0 Å². The number of carbonyl (C=O) groups is 2. The summed E-state index contributed by atoms with van der Waals surface area (Å²) in [5.41, 5.74) is 1.39. The minimum atomic E-state index is -0.298. The lowest BCUT2D eigenvalue weighted by Crippen LogP contribution is -2.13. The molecule has 0 saturated heterocycles. The number of carbonyl (C=O) groups excluding carboxylic acids is 2. The van der Waals surface area contributed by atoms with Gasteiger partial charge < -0.3 is 15.1 Å². The van der Waals surface area contributed by atoms with E-state index in [9.17, 15) is 9.59 Å². The third-order valence-corrected chi connectivity index (χ3v) is 4.43. The first-order valence-corrected chi connectivity index (χ1v) is 8.45. The maximum Gasteiger partial charge on any atom is 0.291 e. The molecule has 0 bridgehead atoms. The van der Waals surface area contributed by atoms with Gasteiger partial charge in [0.1, 0.15) is 0 Å². The van der Waals surface area contributed by atoms with Gasteiger partial charge in [0.25, 0.3) is 5.91 Å². The SMILES string of the molecule is O=C(CCC1CCCC1)Nc1ccc(NC(=O)c2ccco2)cc1. The number of anilines is 2. The fourth-order valence-electron chi connectivity index (χ4n) is 3.10. The number of furan rings is 1. The predicted molar refractivity (Wildman–Crippen MR) is 92.9 cm³/mol. The first-order chi connectivity index (χ1) is 11.7. The van der Waals surface area contributed by atoms with E-state index in [1.54, 1.807) is 36.4 Å². The number of hydrogen-bond acceptors (Lipinski definition) is 3. The Bertz CT molecular complexity index is 671. The fourth-order valence-corrected chi connectivity index (χ4v) is 3.10. The Morgan fingerprint density at radius 1 is 1.00 bits per heavy atom. The summed E-state index contributed by atoms with van der Waals surface area (Å²) in [6.07, 6.45) is 8.13. The van der Waals surface area contributed by atoms with Crippen LogP contribution in [0.25, 0.3) is 0 Å². The zero-order valence-corrected chi connectivity index (χ0v) is 13.6. The second-order valence-electron chi connectivity index (χ2n) is 6.25. The van der Waals surface area contributed by atoms with Crippen molar-refractivity contribution in [3.8, 4) is 0 Å². The molecule has 2 amide bonds. The van der Waals surface area contributed by atoms with Crippen molar-refractivity contribution in [3.63, 3.8) is 0 Å². The molecule has 1 saturated carbocycles. The van der Waals surface area contributed by atoms with E-state index in [1.165, 1.54) is 31.9 Å². The van der Waals surface area contributed by atoms with Gasteiger partial charge in [-0.3, -0.25) is 9.59 Å². The Morgan fingerprint density at radius 3 is 2.29 bits per heavy atom.